The van der Waals surface area contributed by atoms with Crippen LogP contribution in [0.3, 0.4) is 0 Å². The second-order valence-electron chi connectivity index (χ2n) is 8.05. The zero-order valence-electron chi connectivity index (χ0n) is 19.4. The first-order valence-corrected chi connectivity index (χ1v) is 11.0. The number of rotatable bonds is 8. The van der Waals surface area contributed by atoms with Gasteiger partial charge in [-0.05, 0) is 57.0 Å². The number of nitrogens with one attached hydrogen (secondary N) is 1. The number of pyridine rings is 1. The van der Waals surface area contributed by atoms with E-state index in [1.165, 1.54) is 5.56 Å². The van der Waals surface area contributed by atoms with Crippen LogP contribution < -0.4 is 14.8 Å². The first-order chi connectivity index (χ1) is 15.9. The number of aromatic nitrogens is 3. The van der Waals surface area contributed by atoms with Crippen molar-refractivity contribution in [2.75, 3.05) is 19.0 Å². The van der Waals surface area contributed by atoms with Crippen LogP contribution in [0, 0.1) is 20.8 Å². The number of benzene rings is 2. The Morgan fingerprint density at radius 1 is 1.06 bits per heavy atom. The summed E-state index contributed by atoms with van der Waals surface area (Å²) < 4.78 is 12.9. The minimum absolute atomic E-state index is 0.0984. The van der Waals surface area contributed by atoms with E-state index >= 15 is 0 Å². The van der Waals surface area contributed by atoms with Crippen molar-refractivity contribution in [1.82, 2.24) is 14.8 Å². The molecule has 0 aliphatic carbocycles. The molecule has 7 nitrogen and oxygen atoms in total. The molecule has 0 unspecified atom stereocenters. The van der Waals surface area contributed by atoms with Crippen molar-refractivity contribution in [3.05, 3.63) is 71.4 Å². The molecular weight excluding hydrogens is 416 g/mol. The smallest absolute Gasteiger partial charge is 0.225 e. The maximum atomic E-state index is 12.6. The van der Waals surface area contributed by atoms with Crippen molar-refractivity contribution in [2.45, 2.75) is 33.6 Å². The van der Waals surface area contributed by atoms with Crippen LogP contribution in [-0.2, 0) is 4.79 Å². The predicted octanol–water partition coefficient (Wildman–Crippen LogP) is 5.15. The molecule has 0 saturated heterocycles. The molecule has 0 aliphatic rings. The molecule has 33 heavy (non-hydrogen) atoms. The molecule has 0 aliphatic heterocycles. The Hall–Kier alpha value is -3.87. The third-order valence-electron chi connectivity index (χ3n) is 5.37. The van der Waals surface area contributed by atoms with Crippen LogP contribution in [0.1, 0.15) is 29.7 Å². The molecule has 0 spiro atoms. The fraction of sp³-hybridized carbons (Fsp3) is 0.269. The van der Waals surface area contributed by atoms with Gasteiger partial charge >= 0.3 is 0 Å². The normalized spacial score (nSPS) is 10.9. The van der Waals surface area contributed by atoms with Gasteiger partial charge in [0.25, 0.3) is 0 Å². The first kappa shape index (κ1) is 22.3. The minimum atomic E-state index is -0.0984. The molecule has 4 aromatic rings. The Kier molecular flexibility index (Phi) is 6.58. The fourth-order valence-corrected chi connectivity index (χ4v) is 3.67. The summed E-state index contributed by atoms with van der Waals surface area (Å²) in [5.74, 6) is 2.61. The van der Waals surface area contributed by atoms with Gasteiger partial charge in [0.15, 0.2) is 5.82 Å². The summed E-state index contributed by atoms with van der Waals surface area (Å²) in [4.78, 5) is 17.4. The van der Waals surface area contributed by atoms with Crippen molar-refractivity contribution < 1.29 is 14.3 Å². The zero-order valence-corrected chi connectivity index (χ0v) is 19.4. The number of hydrogen-bond acceptors (Lipinski definition) is 5. The Labute approximate surface area is 193 Å². The summed E-state index contributed by atoms with van der Waals surface area (Å²) in [7, 11) is 1.63. The minimum Gasteiger partial charge on any atom is -0.494 e. The lowest BCUT2D eigenvalue weighted by atomic mass is 10.1. The van der Waals surface area contributed by atoms with Gasteiger partial charge in [0.1, 0.15) is 22.8 Å². The van der Waals surface area contributed by atoms with E-state index < -0.39 is 0 Å². The Morgan fingerprint density at radius 2 is 1.85 bits per heavy atom. The summed E-state index contributed by atoms with van der Waals surface area (Å²) in [6.45, 7) is 6.41. The molecule has 1 N–H and O–H groups in total. The number of hydrogen-bond donors (Lipinski definition) is 1. The molecule has 2 aromatic carbocycles. The largest absolute Gasteiger partial charge is 0.494 e. The van der Waals surface area contributed by atoms with Gasteiger partial charge in [-0.15, -0.1) is 0 Å². The van der Waals surface area contributed by atoms with E-state index in [0.29, 0.717) is 36.8 Å². The third kappa shape index (κ3) is 5.14. The Morgan fingerprint density at radius 3 is 2.61 bits per heavy atom. The lowest BCUT2D eigenvalue weighted by Crippen LogP contribution is -2.16. The van der Waals surface area contributed by atoms with Crippen LogP contribution in [0.4, 0.5) is 5.82 Å². The number of aryl methyl sites for hydroxylation is 3. The summed E-state index contributed by atoms with van der Waals surface area (Å²) in [5, 5.41) is 8.54. The number of fused-ring (bicyclic) bond motifs is 1. The van der Waals surface area contributed by atoms with Gasteiger partial charge in [0.2, 0.25) is 5.91 Å². The van der Waals surface area contributed by atoms with Crippen LogP contribution in [0.25, 0.3) is 16.7 Å². The molecule has 0 radical (unpaired) electrons. The number of para-hydroxylation sites is 1. The third-order valence-corrected chi connectivity index (χ3v) is 5.37. The van der Waals surface area contributed by atoms with Gasteiger partial charge in [-0.3, -0.25) is 4.79 Å². The van der Waals surface area contributed by atoms with Crippen molar-refractivity contribution in [3.63, 3.8) is 0 Å². The number of amides is 1. The fourth-order valence-electron chi connectivity index (χ4n) is 3.67. The maximum Gasteiger partial charge on any atom is 0.225 e. The second kappa shape index (κ2) is 9.73. The SMILES string of the molecule is COc1cccc2c(C)cc(-n3nc(C)cc3NC(=O)CCCOc3ccc(C)cc3)nc12. The molecule has 170 valence electrons. The van der Waals surface area contributed by atoms with Crippen molar-refractivity contribution in [1.29, 1.82) is 0 Å². The van der Waals surface area contributed by atoms with E-state index in [-0.39, 0.29) is 5.91 Å². The van der Waals surface area contributed by atoms with Gasteiger partial charge in [-0.25, -0.2) is 4.98 Å². The van der Waals surface area contributed by atoms with Gasteiger partial charge in [-0.1, -0.05) is 29.8 Å². The molecule has 1 amide bonds. The number of carbonyl (C=O) groups excluding carboxylic acids is 1. The van der Waals surface area contributed by atoms with E-state index in [1.54, 1.807) is 11.8 Å². The highest BCUT2D eigenvalue weighted by atomic mass is 16.5. The van der Waals surface area contributed by atoms with Gasteiger partial charge in [0, 0.05) is 17.9 Å². The van der Waals surface area contributed by atoms with Gasteiger partial charge in [-0.2, -0.15) is 9.78 Å². The monoisotopic (exact) mass is 444 g/mol. The lowest BCUT2D eigenvalue weighted by Gasteiger charge is -2.12. The first-order valence-electron chi connectivity index (χ1n) is 11.0. The van der Waals surface area contributed by atoms with E-state index in [9.17, 15) is 4.79 Å². The van der Waals surface area contributed by atoms with Gasteiger partial charge < -0.3 is 14.8 Å². The molecule has 7 heteroatoms. The van der Waals surface area contributed by atoms with Crippen LogP contribution >= 0.6 is 0 Å². The lowest BCUT2D eigenvalue weighted by molar-refractivity contribution is -0.116. The molecule has 0 saturated carbocycles. The summed E-state index contributed by atoms with van der Waals surface area (Å²) in [6.07, 6.45) is 0.950. The summed E-state index contributed by atoms with van der Waals surface area (Å²) in [5.41, 5.74) is 3.78. The number of anilines is 1. The highest BCUT2D eigenvalue weighted by Crippen LogP contribution is 2.28. The molecule has 4 rings (SSSR count). The number of carbonyl (C=O) groups is 1. The quantitative estimate of drug-likeness (QED) is 0.380. The Balaban J connectivity index is 1.46. The van der Waals surface area contributed by atoms with Crippen LogP contribution in [0.2, 0.25) is 0 Å². The number of nitrogens with zero attached hydrogens (tertiary/aromatic N) is 3. The molecule has 0 fully saturated rings. The summed E-state index contributed by atoms with van der Waals surface area (Å²) in [6, 6.07) is 17.5. The van der Waals surface area contributed by atoms with E-state index in [1.807, 2.05) is 75.4 Å². The number of methoxy groups -OCH3 is 1. The standard InChI is InChI=1S/C26H28N4O3/c1-17-10-12-20(13-11-17)33-14-6-9-25(31)27-24-16-19(3)29-30(24)23-15-18(2)21-7-5-8-22(32-4)26(21)28-23/h5,7-8,10-13,15-16H,6,9,14H2,1-4H3,(H,27,31). The average Bonchev–Trinajstić information content (AvgIpc) is 3.17. The van der Waals surface area contributed by atoms with Gasteiger partial charge in [0.05, 0.1) is 19.4 Å². The van der Waals surface area contributed by atoms with Crippen LogP contribution in [0.5, 0.6) is 11.5 Å². The molecule has 2 heterocycles. The Bertz CT molecular complexity index is 1280. The van der Waals surface area contributed by atoms with Crippen LogP contribution in [-0.4, -0.2) is 34.4 Å². The van der Waals surface area contributed by atoms with Crippen LogP contribution in [0.15, 0.2) is 54.6 Å². The topological polar surface area (TPSA) is 78.3 Å². The highest BCUT2D eigenvalue weighted by molar-refractivity contribution is 5.91. The molecular formula is C26H28N4O3. The highest BCUT2D eigenvalue weighted by Gasteiger charge is 2.15. The molecule has 0 atom stereocenters. The summed E-state index contributed by atoms with van der Waals surface area (Å²) >= 11 is 0. The maximum absolute atomic E-state index is 12.6. The molecule has 0 bridgehead atoms. The van der Waals surface area contributed by atoms with Crippen molar-refractivity contribution >= 4 is 22.6 Å². The van der Waals surface area contributed by atoms with E-state index in [4.69, 9.17) is 14.5 Å². The van der Waals surface area contributed by atoms with E-state index in [0.717, 1.165) is 27.9 Å². The number of ether oxygens (including phenoxy) is 2. The van der Waals surface area contributed by atoms with E-state index in [2.05, 4.69) is 10.4 Å². The zero-order chi connectivity index (χ0) is 23.4. The molecule has 2 aromatic heterocycles. The second-order valence-corrected chi connectivity index (χ2v) is 8.05. The van der Waals surface area contributed by atoms with Crippen molar-refractivity contribution in [3.8, 4) is 17.3 Å². The average molecular weight is 445 g/mol. The van der Waals surface area contributed by atoms with Crippen molar-refractivity contribution in [2.24, 2.45) is 0 Å². The predicted molar refractivity (Wildman–Crippen MR) is 129 cm³/mol.